The highest BCUT2D eigenvalue weighted by atomic mass is 32.3. The van der Waals surface area contributed by atoms with Gasteiger partial charge < -0.3 is 4.18 Å². The van der Waals surface area contributed by atoms with Crippen molar-refractivity contribution in [2.24, 2.45) is 5.92 Å². The zero-order valence-electron chi connectivity index (χ0n) is 9.99. The SMILES string of the molecule is CC(C)C(=O)c1ccc(OS(=O)(=O)F)cc1[N+](=O)[O-]. The number of ketones is 1. The Morgan fingerprint density at radius 2 is 2.00 bits per heavy atom. The molecule has 104 valence electrons. The quantitative estimate of drug-likeness (QED) is 0.356. The molecule has 0 aliphatic carbocycles. The van der Waals surface area contributed by atoms with E-state index in [2.05, 4.69) is 4.18 Å². The topological polar surface area (TPSA) is 104 Å². The molecule has 0 bridgehead atoms. The third-order valence-corrected chi connectivity index (χ3v) is 2.54. The van der Waals surface area contributed by atoms with E-state index < -0.39 is 38.6 Å². The summed E-state index contributed by atoms with van der Waals surface area (Å²) in [6.07, 6.45) is 0. The maximum absolute atomic E-state index is 12.3. The summed E-state index contributed by atoms with van der Waals surface area (Å²) in [7, 11) is -5.28. The molecule has 1 aromatic rings. The van der Waals surface area contributed by atoms with Crippen LogP contribution in [0.5, 0.6) is 5.75 Å². The molecular formula is C10H10FNO6S. The summed E-state index contributed by atoms with van der Waals surface area (Å²) in [4.78, 5) is 21.7. The van der Waals surface area contributed by atoms with Crippen molar-refractivity contribution in [2.45, 2.75) is 13.8 Å². The molecule has 0 fully saturated rings. The molecule has 0 aromatic heterocycles. The highest BCUT2D eigenvalue weighted by Gasteiger charge is 2.24. The largest absolute Gasteiger partial charge is 0.488 e. The van der Waals surface area contributed by atoms with E-state index in [1.165, 1.54) is 0 Å². The van der Waals surface area contributed by atoms with Crippen LogP contribution < -0.4 is 4.18 Å². The number of Topliss-reactive ketones (excluding diaryl/α,β-unsaturated/α-hetero) is 1. The average molecular weight is 291 g/mol. The number of carbonyl (C=O) groups is 1. The fourth-order valence-corrected chi connectivity index (χ4v) is 1.68. The summed E-state index contributed by atoms with van der Waals surface area (Å²) < 4.78 is 36.8. The first-order chi connectivity index (χ1) is 8.61. The van der Waals surface area contributed by atoms with Crippen LogP contribution in [-0.2, 0) is 10.5 Å². The molecule has 0 saturated heterocycles. The van der Waals surface area contributed by atoms with Gasteiger partial charge in [0.05, 0.1) is 16.6 Å². The molecule has 0 N–H and O–H groups in total. The minimum atomic E-state index is -5.28. The molecule has 0 aliphatic rings. The Labute approximate surface area is 108 Å². The van der Waals surface area contributed by atoms with Gasteiger partial charge in [-0.15, -0.1) is 0 Å². The number of rotatable bonds is 5. The van der Waals surface area contributed by atoms with Gasteiger partial charge in [0.25, 0.3) is 5.69 Å². The van der Waals surface area contributed by atoms with Gasteiger partial charge >= 0.3 is 10.5 Å². The van der Waals surface area contributed by atoms with Crippen LogP contribution in [0.2, 0.25) is 0 Å². The summed E-state index contributed by atoms with van der Waals surface area (Å²) in [6.45, 7) is 3.12. The second kappa shape index (κ2) is 5.31. The Morgan fingerprint density at radius 1 is 1.42 bits per heavy atom. The van der Waals surface area contributed by atoms with Gasteiger partial charge in [0.2, 0.25) is 0 Å². The molecule has 19 heavy (non-hydrogen) atoms. The van der Waals surface area contributed by atoms with Crippen LogP contribution in [-0.4, -0.2) is 19.1 Å². The van der Waals surface area contributed by atoms with E-state index in [9.17, 15) is 27.2 Å². The average Bonchev–Trinajstić information content (AvgIpc) is 2.25. The molecule has 0 radical (unpaired) electrons. The highest BCUT2D eigenvalue weighted by Crippen LogP contribution is 2.27. The third kappa shape index (κ3) is 3.98. The van der Waals surface area contributed by atoms with Crippen molar-refractivity contribution >= 4 is 22.0 Å². The fourth-order valence-electron chi connectivity index (χ4n) is 1.35. The molecule has 0 aliphatic heterocycles. The summed E-state index contributed by atoms with van der Waals surface area (Å²) in [5, 5.41) is 10.8. The first-order valence-corrected chi connectivity index (χ1v) is 6.39. The number of nitro benzene ring substituents is 1. The standard InChI is InChI=1S/C10H10FNO6S/c1-6(2)10(13)8-4-3-7(18-19(11,16)17)5-9(8)12(14)15/h3-6H,1-2H3. The Kier molecular flexibility index (Phi) is 4.20. The molecule has 0 heterocycles. The van der Waals surface area contributed by atoms with Crippen LogP contribution in [0.1, 0.15) is 24.2 Å². The zero-order chi connectivity index (χ0) is 14.8. The van der Waals surface area contributed by atoms with Crippen molar-refractivity contribution in [3.05, 3.63) is 33.9 Å². The van der Waals surface area contributed by atoms with Gasteiger partial charge in [0.15, 0.2) is 11.5 Å². The smallest absolute Gasteiger partial charge is 0.358 e. The van der Waals surface area contributed by atoms with Gasteiger partial charge in [-0.1, -0.05) is 17.7 Å². The first kappa shape index (κ1) is 15.0. The fraction of sp³-hybridized carbons (Fsp3) is 0.300. The van der Waals surface area contributed by atoms with Crippen LogP contribution in [0.3, 0.4) is 0 Å². The van der Waals surface area contributed by atoms with Gasteiger partial charge in [-0.2, -0.15) is 8.42 Å². The van der Waals surface area contributed by atoms with Gasteiger partial charge in [-0.25, -0.2) is 0 Å². The second-order valence-corrected chi connectivity index (χ2v) is 4.88. The van der Waals surface area contributed by atoms with Crippen LogP contribution in [0, 0.1) is 16.0 Å². The van der Waals surface area contributed by atoms with Crippen molar-refractivity contribution in [1.82, 2.24) is 0 Å². The van der Waals surface area contributed by atoms with Crippen LogP contribution >= 0.6 is 0 Å². The molecular weight excluding hydrogens is 281 g/mol. The number of nitro groups is 1. The number of halogens is 1. The van der Waals surface area contributed by atoms with Crippen molar-refractivity contribution in [3.63, 3.8) is 0 Å². The highest BCUT2D eigenvalue weighted by molar-refractivity contribution is 7.81. The maximum Gasteiger partial charge on any atom is 0.488 e. The number of hydrogen-bond acceptors (Lipinski definition) is 6. The van der Waals surface area contributed by atoms with E-state index >= 15 is 0 Å². The van der Waals surface area contributed by atoms with E-state index in [4.69, 9.17) is 0 Å². The van der Waals surface area contributed by atoms with E-state index in [1.807, 2.05) is 0 Å². The van der Waals surface area contributed by atoms with Gasteiger partial charge in [0.1, 0.15) is 0 Å². The molecule has 0 atom stereocenters. The van der Waals surface area contributed by atoms with Crippen LogP contribution in [0.25, 0.3) is 0 Å². The lowest BCUT2D eigenvalue weighted by molar-refractivity contribution is -0.385. The monoisotopic (exact) mass is 291 g/mol. The van der Waals surface area contributed by atoms with E-state index in [0.717, 1.165) is 12.1 Å². The van der Waals surface area contributed by atoms with Crippen LogP contribution in [0.4, 0.5) is 9.57 Å². The molecule has 1 aromatic carbocycles. The van der Waals surface area contributed by atoms with Crippen molar-refractivity contribution in [2.75, 3.05) is 0 Å². The number of hydrogen-bond donors (Lipinski definition) is 0. The summed E-state index contributed by atoms with van der Waals surface area (Å²) >= 11 is 0. The molecule has 1 rings (SSSR count). The van der Waals surface area contributed by atoms with E-state index in [1.54, 1.807) is 13.8 Å². The Bertz CT molecular complexity index is 625. The number of benzene rings is 1. The van der Waals surface area contributed by atoms with E-state index in [0.29, 0.717) is 6.07 Å². The Hall–Kier alpha value is -2.03. The van der Waals surface area contributed by atoms with Crippen molar-refractivity contribution in [3.8, 4) is 5.75 Å². The number of nitrogens with zero attached hydrogens (tertiary/aromatic N) is 1. The lowest BCUT2D eigenvalue weighted by Crippen LogP contribution is -2.11. The molecule has 0 saturated carbocycles. The normalized spacial score (nSPS) is 11.4. The summed E-state index contributed by atoms with van der Waals surface area (Å²) in [6, 6.07) is 2.69. The predicted molar refractivity (Wildman–Crippen MR) is 62.9 cm³/mol. The minimum Gasteiger partial charge on any atom is -0.358 e. The van der Waals surface area contributed by atoms with Gasteiger partial charge in [-0.05, 0) is 12.1 Å². The zero-order valence-corrected chi connectivity index (χ0v) is 10.8. The van der Waals surface area contributed by atoms with Crippen molar-refractivity contribution in [1.29, 1.82) is 0 Å². The lowest BCUT2D eigenvalue weighted by Gasteiger charge is -2.06. The van der Waals surface area contributed by atoms with Crippen molar-refractivity contribution < 1.29 is 26.2 Å². The van der Waals surface area contributed by atoms with Gasteiger partial charge in [-0.3, -0.25) is 14.9 Å². The Balaban J connectivity index is 3.30. The molecule has 7 nitrogen and oxygen atoms in total. The summed E-state index contributed by atoms with van der Waals surface area (Å²) in [5.74, 6) is -1.54. The van der Waals surface area contributed by atoms with Crippen LogP contribution in [0.15, 0.2) is 18.2 Å². The minimum absolute atomic E-state index is 0.191. The molecule has 9 heteroatoms. The third-order valence-electron chi connectivity index (χ3n) is 2.15. The Morgan fingerprint density at radius 3 is 2.42 bits per heavy atom. The molecule has 0 spiro atoms. The summed E-state index contributed by atoms with van der Waals surface area (Å²) in [5.41, 5.74) is -0.830. The first-order valence-electron chi connectivity index (χ1n) is 5.08. The number of carbonyl (C=O) groups excluding carboxylic acids is 1. The maximum atomic E-state index is 12.3. The molecule has 0 unspecified atom stereocenters. The lowest BCUT2D eigenvalue weighted by atomic mass is 9.99. The predicted octanol–water partition coefficient (Wildman–Crippen LogP) is 2.03. The van der Waals surface area contributed by atoms with Gasteiger partial charge in [0, 0.05) is 5.92 Å². The second-order valence-electron chi connectivity index (χ2n) is 3.93. The van der Waals surface area contributed by atoms with E-state index in [-0.39, 0.29) is 5.56 Å². The molecule has 0 amide bonds.